The van der Waals surface area contributed by atoms with E-state index in [-0.39, 0.29) is 0 Å². The number of fused-ring (bicyclic) bond motifs is 11. The van der Waals surface area contributed by atoms with Crippen LogP contribution in [-0.4, -0.2) is 0 Å². The van der Waals surface area contributed by atoms with Gasteiger partial charge in [-0.15, -0.1) is 11.3 Å². The van der Waals surface area contributed by atoms with E-state index in [4.69, 9.17) is 8.83 Å². The highest BCUT2D eigenvalue weighted by Crippen LogP contribution is 2.51. The van der Waals surface area contributed by atoms with Crippen molar-refractivity contribution in [2.75, 3.05) is 9.80 Å². The molecule has 0 unspecified atom stereocenters. The number of anilines is 6. The Hall–Kier alpha value is -8.90. The second-order valence-corrected chi connectivity index (χ2v) is 18.7. The largest absolute Gasteiger partial charge is 0.454 e. The molecule has 3 aromatic heterocycles. The summed E-state index contributed by atoms with van der Waals surface area (Å²) < 4.78 is 16.0. The number of hydrogen-bond acceptors (Lipinski definition) is 5. The lowest BCUT2D eigenvalue weighted by Crippen LogP contribution is -2.11. The third-order valence-electron chi connectivity index (χ3n) is 13.6. The van der Waals surface area contributed by atoms with Crippen molar-refractivity contribution in [2.24, 2.45) is 0 Å². The predicted molar refractivity (Wildman–Crippen MR) is 292 cm³/mol. The van der Waals surface area contributed by atoms with Crippen molar-refractivity contribution < 1.29 is 8.83 Å². The standard InChI is InChI=1S/C64H40N2O2S/c1-3-17-41(18-4-1)43-21-13-23-45(37-43)65(55-31-15-29-52-49-26-9-11-33-58(49)67-63(52)55)47-35-36-60-54(39-47)62-51-28-8-7-25-48(51)57(40-61(62)69-60)66(46-24-14-22-44(38-46)42-19-5-2-6-20-42)56-32-16-30-53-50-27-10-12-34-59(50)68-64(53)56/h1-40H. The third kappa shape index (κ3) is 6.43. The summed E-state index contributed by atoms with van der Waals surface area (Å²) in [7, 11) is 0. The first-order valence-corrected chi connectivity index (χ1v) is 24.1. The van der Waals surface area contributed by atoms with Crippen LogP contribution in [0, 0.1) is 0 Å². The maximum Gasteiger partial charge on any atom is 0.159 e. The summed E-state index contributed by atoms with van der Waals surface area (Å²) >= 11 is 1.84. The van der Waals surface area contributed by atoms with Crippen LogP contribution in [-0.2, 0) is 0 Å². The zero-order valence-corrected chi connectivity index (χ0v) is 38.0. The maximum atomic E-state index is 6.80. The van der Waals surface area contributed by atoms with Gasteiger partial charge in [-0.3, -0.25) is 0 Å². The van der Waals surface area contributed by atoms with Crippen molar-refractivity contribution in [3.8, 4) is 22.3 Å². The summed E-state index contributed by atoms with van der Waals surface area (Å²) in [5.74, 6) is 0. The van der Waals surface area contributed by atoms with Gasteiger partial charge in [0.25, 0.3) is 0 Å². The van der Waals surface area contributed by atoms with Crippen molar-refractivity contribution in [2.45, 2.75) is 0 Å². The van der Waals surface area contributed by atoms with Gasteiger partial charge in [-0.2, -0.15) is 0 Å². The van der Waals surface area contributed by atoms with Crippen molar-refractivity contribution in [1.82, 2.24) is 0 Å². The van der Waals surface area contributed by atoms with Gasteiger partial charge < -0.3 is 18.6 Å². The fourth-order valence-electron chi connectivity index (χ4n) is 10.5. The third-order valence-corrected chi connectivity index (χ3v) is 14.7. The molecule has 0 bridgehead atoms. The zero-order valence-electron chi connectivity index (χ0n) is 37.2. The quantitative estimate of drug-likeness (QED) is 0.152. The Morgan fingerprint density at radius 3 is 1.35 bits per heavy atom. The van der Waals surface area contributed by atoms with Crippen LogP contribution in [0.25, 0.3) is 97.1 Å². The fraction of sp³-hybridized carbons (Fsp3) is 0. The van der Waals surface area contributed by atoms with Crippen LogP contribution in [0.15, 0.2) is 251 Å². The Kier molecular flexibility index (Phi) is 9.04. The number of benzene rings is 11. The maximum absolute atomic E-state index is 6.80. The molecule has 0 saturated heterocycles. The van der Waals surface area contributed by atoms with E-state index in [1.54, 1.807) is 0 Å². The molecule has 0 aliphatic carbocycles. The summed E-state index contributed by atoms with van der Waals surface area (Å²) in [4.78, 5) is 4.77. The highest BCUT2D eigenvalue weighted by molar-refractivity contribution is 7.26. The molecule has 69 heavy (non-hydrogen) atoms. The van der Waals surface area contributed by atoms with Gasteiger partial charge in [0.15, 0.2) is 11.2 Å². The predicted octanol–water partition coefficient (Wildman–Crippen LogP) is 19.3. The smallest absolute Gasteiger partial charge is 0.159 e. The molecule has 0 saturated carbocycles. The normalized spacial score (nSPS) is 11.8. The van der Waals surface area contributed by atoms with E-state index < -0.39 is 0 Å². The Bertz CT molecular complexity index is 4280. The lowest BCUT2D eigenvalue weighted by atomic mass is 9.99. The molecule has 324 valence electrons. The summed E-state index contributed by atoms with van der Waals surface area (Å²) in [5.41, 5.74) is 14.3. The lowest BCUT2D eigenvalue weighted by Gasteiger charge is -2.28. The van der Waals surface area contributed by atoms with E-state index in [1.165, 1.54) is 36.7 Å². The van der Waals surface area contributed by atoms with Gasteiger partial charge in [0.2, 0.25) is 0 Å². The summed E-state index contributed by atoms with van der Waals surface area (Å²) in [5, 5.41) is 9.15. The molecule has 11 aromatic carbocycles. The van der Waals surface area contributed by atoms with Crippen molar-refractivity contribution >= 4 is 120 Å². The van der Waals surface area contributed by atoms with Gasteiger partial charge in [-0.1, -0.05) is 170 Å². The average molecular weight is 901 g/mol. The Balaban J connectivity index is 1.01. The molecule has 5 heteroatoms. The average Bonchev–Trinajstić information content (AvgIpc) is 4.12. The van der Waals surface area contributed by atoms with Crippen LogP contribution in [0.2, 0.25) is 0 Å². The van der Waals surface area contributed by atoms with Crippen LogP contribution >= 0.6 is 11.3 Å². The molecule has 0 spiro atoms. The van der Waals surface area contributed by atoms with E-state index in [9.17, 15) is 0 Å². The van der Waals surface area contributed by atoms with E-state index in [1.807, 2.05) is 23.5 Å². The highest BCUT2D eigenvalue weighted by Gasteiger charge is 2.25. The first kappa shape index (κ1) is 39.3. The minimum Gasteiger partial charge on any atom is -0.454 e. The number of thiophene rings is 1. The molecular weight excluding hydrogens is 861 g/mol. The Morgan fingerprint density at radius 1 is 0.275 bits per heavy atom. The van der Waals surface area contributed by atoms with Gasteiger partial charge in [-0.05, 0) is 100 Å². The lowest BCUT2D eigenvalue weighted by molar-refractivity contribution is 0.668. The van der Waals surface area contributed by atoms with Crippen LogP contribution in [0.5, 0.6) is 0 Å². The second kappa shape index (κ2) is 15.9. The molecule has 0 fully saturated rings. The van der Waals surface area contributed by atoms with Crippen LogP contribution < -0.4 is 9.80 Å². The molecule has 0 aliphatic heterocycles. The molecule has 14 rings (SSSR count). The molecular formula is C64H40N2O2S. The fourth-order valence-corrected chi connectivity index (χ4v) is 11.6. The molecule has 0 atom stereocenters. The monoisotopic (exact) mass is 900 g/mol. The number of rotatable bonds is 8. The Morgan fingerprint density at radius 2 is 0.739 bits per heavy atom. The number of nitrogens with zero attached hydrogens (tertiary/aromatic N) is 2. The van der Waals surface area contributed by atoms with Crippen molar-refractivity contribution in [3.05, 3.63) is 243 Å². The molecule has 0 N–H and O–H groups in total. The van der Waals surface area contributed by atoms with Gasteiger partial charge >= 0.3 is 0 Å². The van der Waals surface area contributed by atoms with Crippen LogP contribution in [0.1, 0.15) is 0 Å². The van der Waals surface area contributed by atoms with E-state index >= 15 is 0 Å². The molecule has 0 amide bonds. The summed E-state index contributed by atoms with van der Waals surface area (Å²) in [6.45, 7) is 0. The second-order valence-electron chi connectivity index (χ2n) is 17.6. The van der Waals surface area contributed by atoms with E-state index in [0.717, 1.165) is 94.5 Å². The van der Waals surface area contributed by atoms with E-state index in [0.29, 0.717) is 0 Å². The molecule has 4 nitrogen and oxygen atoms in total. The van der Waals surface area contributed by atoms with Gasteiger partial charge in [0, 0.05) is 64.2 Å². The first-order chi connectivity index (χ1) is 34.2. The molecule has 14 aromatic rings. The van der Waals surface area contributed by atoms with Crippen LogP contribution in [0.3, 0.4) is 0 Å². The molecule has 0 radical (unpaired) electrons. The summed E-state index contributed by atoms with van der Waals surface area (Å²) in [6.07, 6.45) is 0. The van der Waals surface area contributed by atoms with Crippen LogP contribution in [0.4, 0.5) is 34.1 Å². The first-order valence-electron chi connectivity index (χ1n) is 23.3. The Labute approximate surface area is 401 Å². The summed E-state index contributed by atoms with van der Waals surface area (Å²) in [6, 6.07) is 86.8. The molecule has 0 aliphatic rings. The van der Waals surface area contributed by atoms with Crippen molar-refractivity contribution in [1.29, 1.82) is 0 Å². The SMILES string of the molecule is c1ccc(-c2cccc(N(c3ccc4sc5cc(N(c6cccc(-c7ccccc7)c6)c6cccc7c6oc6ccccc67)c6ccccc6c5c4c3)c3cccc4c3oc3ccccc34)c2)cc1. The van der Waals surface area contributed by atoms with Gasteiger partial charge in [0.05, 0.1) is 17.1 Å². The highest BCUT2D eigenvalue weighted by atomic mass is 32.1. The number of para-hydroxylation sites is 4. The number of hydrogen-bond donors (Lipinski definition) is 0. The van der Waals surface area contributed by atoms with Gasteiger partial charge in [0.1, 0.15) is 11.2 Å². The van der Waals surface area contributed by atoms with Crippen molar-refractivity contribution in [3.63, 3.8) is 0 Å². The zero-order chi connectivity index (χ0) is 45.4. The van der Waals surface area contributed by atoms with Gasteiger partial charge in [-0.25, -0.2) is 0 Å². The topological polar surface area (TPSA) is 32.8 Å². The minimum absolute atomic E-state index is 0.852. The molecule has 3 heterocycles. The number of furan rings is 2. The minimum atomic E-state index is 0.852. The van der Waals surface area contributed by atoms with E-state index in [2.05, 4.69) is 240 Å².